The standard InChI is InChI=1S/C10H10ClFO/c1-7(6-10(11)13)8-2-4-9(12)5-3-8/h2-5,7H,6H2,1H3. The van der Waals surface area contributed by atoms with Crippen LogP contribution in [0.3, 0.4) is 0 Å². The SMILES string of the molecule is CC(CC(=O)Cl)c1ccc(F)cc1. The quantitative estimate of drug-likeness (QED) is 0.686. The predicted molar refractivity (Wildman–Crippen MR) is 50.3 cm³/mol. The number of halogens is 2. The van der Waals surface area contributed by atoms with Crippen LogP contribution in [0.15, 0.2) is 24.3 Å². The zero-order chi connectivity index (χ0) is 9.84. The zero-order valence-corrected chi connectivity index (χ0v) is 8.01. The van der Waals surface area contributed by atoms with Gasteiger partial charge in [-0.1, -0.05) is 19.1 Å². The van der Waals surface area contributed by atoms with Gasteiger partial charge < -0.3 is 0 Å². The molecule has 0 aliphatic rings. The highest BCUT2D eigenvalue weighted by Gasteiger charge is 2.08. The molecule has 0 aliphatic heterocycles. The van der Waals surface area contributed by atoms with Crippen LogP contribution >= 0.6 is 11.6 Å². The Hall–Kier alpha value is -0.890. The summed E-state index contributed by atoms with van der Waals surface area (Å²) in [6.45, 7) is 1.88. The molecule has 1 aromatic carbocycles. The minimum atomic E-state index is -0.364. The topological polar surface area (TPSA) is 17.1 Å². The Labute approximate surface area is 81.5 Å². The highest BCUT2D eigenvalue weighted by Crippen LogP contribution is 2.19. The van der Waals surface area contributed by atoms with E-state index in [0.717, 1.165) is 5.56 Å². The third-order valence-corrected chi connectivity index (χ3v) is 2.06. The number of carbonyl (C=O) groups is 1. The molecule has 13 heavy (non-hydrogen) atoms. The lowest BCUT2D eigenvalue weighted by Crippen LogP contribution is -1.98. The van der Waals surface area contributed by atoms with Gasteiger partial charge in [-0.2, -0.15) is 0 Å². The largest absolute Gasteiger partial charge is 0.281 e. The van der Waals surface area contributed by atoms with E-state index in [1.165, 1.54) is 12.1 Å². The first-order valence-corrected chi connectivity index (χ1v) is 4.41. The summed E-state index contributed by atoms with van der Waals surface area (Å²) in [5.74, 6) is -0.223. The van der Waals surface area contributed by atoms with Crippen molar-refractivity contribution in [1.82, 2.24) is 0 Å². The molecule has 1 rings (SSSR count). The van der Waals surface area contributed by atoms with Crippen LogP contribution in [0.5, 0.6) is 0 Å². The third-order valence-electron chi connectivity index (χ3n) is 1.91. The van der Waals surface area contributed by atoms with Crippen molar-refractivity contribution in [2.24, 2.45) is 0 Å². The van der Waals surface area contributed by atoms with Gasteiger partial charge in [0.05, 0.1) is 0 Å². The average molecular weight is 201 g/mol. The summed E-state index contributed by atoms with van der Waals surface area (Å²) in [5, 5.41) is -0.364. The maximum absolute atomic E-state index is 12.5. The summed E-state index contributed by atoms with van der Waals surface area (Å²) in [7, 11) is 0. The minimum Gasteiger partial charge on any atom is -0.281 e. The number of benzene rings is 1. The summed E-state index contributed by atoms with van der Waals surface area (Å²) < 4.78 is 12.5. The smallest absolute Gasteiger partial charge is 0.222 e. The lowest BCUT2D eigenvalue weighted by molar-refractivity contribution is -0.111. The molecule has 70 valence electrons. The van der Waals surface area contributed by atoms with Gasteiger partial charge in [0.2, 0.25) is 5.24 Å². The summed E-state index contributed by atoms with van der Waals surface area (Å²) in [6.07, 6.45) is 0.285. The van der Waals surface area contributed by atoms with Crippen LogP contribution in [-0.4, -0.2) is 5.24 Å². The maximum atomic E-state index is 12.5. The molecule has 3 heteroatoms. The molecule has 0 aliphatic carbocycles. The van der Waals surface area contributed by atoms with E-state index >= 15 is 0 Å². The van der Waals surface area contributed by atoms with E-state index in [1.807, 2.05) is 6.92 Å². The van der Waals surface area contributed by atoms with Crippen molar-refractivity contribution in [2.75, 3.05) is 0 Å². The van der Waals surface area contributed by atoms with Gasteiger partial charge in [-0.15, -0.1) is 0 Å². The molecule has 0 heterocycles. The Morgan fingerprint density at radius 2 is 2.00 bits per heavy atom. The van der Waals surface area contributed by atoms with Crippen LogP contribution in [0, 0.1) is 5.82 Å². The van der Waals surface area contributed by atoms with E-state index in [2.05, 4.69) is 0 Å². The van der Waals surface area contributed by atoms with E-state index < -0.39 is 0 Å². The van der Waals surface area contributed by atoms with E-state index in [1.54, 1.807) is 12.1 Å². The number of hydrogen-bond donors (Lipinski definition) is 0. The van der Waals surface area contributed by atoms with Gasteiger partial charge in [0.15, 0.2) is 0 Å². The van der Waals surface area contributed by atoms with Crippen molar-refractivity contribution in [3.63, 3.8) is 0 Å². The summed E-state index contributed by atoms with van der Waals surface area (Å²) in [6, 6.07) is 6.09. The predicted octanol–water partition coefficient (Wildman–Crippen LogP) is 3.08. The molecule has 0 N–H and O–H groups in total. The van der Waals surface area contributed by atoms with Gasteiger partial charge in [0.25, 0.3) is 0 Å². The zero-order valence-electron chi connectivity index (χ0n) is 7.26. The molecule has 0 amide bonds. The number of rotatable bonds is 3. The number of carbonyl (C=O) groups excluding carboxylic acids is 1. The lowest BCUT2D eigenvalue weighted by atomic mass is 9.99. The fourth-order valence-electron chi connectivity index (χ4n) is 1.15. The highest BCUT2D eigenvalue weighted by molar-refractivity contribution is 6.63. The first-order chi connectivity index (χ1) is 6.09. The molecule has 0 radical (unpaired) electrons. The van der Waals surface area contributed by atoms with Crippen LogP contribution in [0.4, 0.5) is 4.39 Å². The van der Waals surface area contributed by atoms with Gasteiger partial charge in [-0.05, 0) is 35.2 Å². The fraction of sp³-hybridized carbons (Fsp3) is 0.300. The molecule has 0 saturated heterocycles. The first kappa shape index (κ1) is 10.2. The van der Waals surface area contributed by atoms with Crippen LogP contribution in [0.2, 0.25) is 0 Å². The lowest BCUT2D eigenvalue weighted by Gasteiger charge is -2.08. The summed E-state index contributed by atoms with van der Waals surface area (Å²) in [4.78, 5) is 10.6. The summed E-state index contributed by atoms with van der Waals surface area (Å²) in [5.41, 5.74) is 0.926. The van der Waals surface area contributed by atoms with Crippen molar-refractivity contribution in [1.29, 1.82) is 0 Å². The molecule has 0 bridgehead atoms. The van der Waals surface area contributed by atoms with Crippen molar-refractivity contribution in [2.45, 2.75) is 19.3 Å². The molecular weight excluding hydrogens is 191 g/mol. The molecular formula is C10H10ClFO. The Morgan fingerprint density at radius 3 is 2.46 bits per heavy atom. The van der Waals surface area contributed by atoms with Gasteiger partial charge in [-0.25, -0.2) is 4.39 Å². The Balaban J connectivity index is 2.71. The molecule has 0 fully saturated rings. The van der Waals surface area contributed by atoms with E-state index in [0.29, 0.717) is 0 Å². The van der Waals surface area contributed by atoms with Crippen molar-refractivity contribution in [3.8, 4) is 0 Å². The summed E-state index contributed by atoms with van der Waals surface area (Å²) >= 11 is 5.24. The normalized spacial score (nSPS) is 12.5. The Morgan fingerprint density at radius 1 is 1.46 bits per heavy atom. The first-order valence-electron chi connectivity index (χ1n) is 4.03. The van der Waals surface area contributed by atoms with Gasteiger partial charge in [-0.3, -0.25) is 4.79 Å². The second-order valence-electron chi connectivity index (χ2n) is 3.01. The van der Waals surface area contributed by atoms with Gasteiger partial charge >= 0.3 is 0 Å². The fourth-order valence-corrected chi connectivity index (χ4v) is 1.38. The Bertz CT molecular complexity index is 294. The van der Waals surface area contributed by atoms with Crippen LogP contribution in [-0.2, 0) is 4.79 Å². The van der Waals surface area contributed by atoms with E-state index in [-0.39, 0.29) is 23.4 Å². The number of hydrogen-bond acceptors (Lipinski definition) is 1. The second-order valence-corrected chi connectivity index (χ2v) is 3.43. The monoisotopic (exact) mass is 200 g/mol. The van der Waals surface area contributed by atoms with Crippen LogP contribution in [0.25, 0.3) is 0 Å². The molecule has 1 nitrogen and oxygen atoms in total. The molecule has 0 saturated carbocycles. The van der Waals surface area contributed by atoms with E-state index in [4.69, 9.17) is 11.6 Å². The van der Waals surface area contributed by atoms with Gasteiger partial charge in [0, 0.05) is 6.42 Å². The maximum Gasteiger partial charge on any atom is 0.222 e. The van der Waals surface area contributed by atoms with Crippen molar-refractivity contribution < 1.29 is 9.18 Å². The minimum absolute atomic E-state index is 0.0469. The van der Waals surface area contributed by atoms with Crippen molar-refractivity contribution >= 4 is 16.8 Å². The van der Waals surface area contributed by atoms with Crippen molar-refractivity contribution in [3.05, 3.63) is 35.6 Å². The molecule has 1 unspecified atom stereocenters. The molecule has 0 aromatic heterocycles. The highest BCUT2D eigenvalue weighted by atomic mass is 35.5. The average Bonchev–Trinajstić information content (AvgIpc) is 2.04. The molecule has 1 aromatic rings. The molecule has 1 atom stereocenters. The van der Waals surface area contributed by atoms with Gasteiger partial charge in [0.1, 0.15) is 5.82 Å². The third kappa shape index (κ3) is 3.15. The molecule has 0 spiro atoms. The van der Waals surface area contributed by atoms with Crippen LogP contribution < -0.4 is 0 Å². The van der Waals surface area contributed by atoms with E-state index in [9.17, 15) is 9.18 Å². The Kier molecular flexibility index (Phi) is 3.43. The second kappa shape index (κ2) is 4.38. The van der Waals surface area contributed by atoms with Crippen LogP contribution in [0.1, 0.15) is 24.8 Å².